The van der Waals surface area contributed by atoms with Crippen molar-refractivity contribution in [2.24, 2.45) is 0 Å². The second kappa shape index (κ2) is 10.0. The van der Waals surface area contributed by atoms with Crippen LogP contribution in [-0.4, -0.2) is 30.8 Å². The Kier molecular flexibility index (Phi) is 7.19. The van der Waals surface area contributed by atoms with Gasteiger partial charge in [-0.1, -0.05) is 31.2 Å². The molecule has 0 aliphatic carbocycles. The number of nitrogens with zero attached hydrogens (tertiary/aromatic N) is 2. The maximum absolute atomic E-state index is 12.7. The molecule has 0 saturated heterocycles. The summed E-state index contributed by atoms with van der Waals surface area (Å²) in [7, 11) is 3.38. The number of hydrogen-bond acceptors (Lipinski definition) is 4. The summed E-state index contributed by atoms with van der Waals surface area (Å²) in [5.41, 5.74) is 5.38. The minimum absolute atomic E-state index is 0.0645. The zero-order valence-electron chi connectivity index (χ0n) is 18.5. The fourth-order valence-electron chi connectivity index (χ4n) is 3.52. The molecule has 0 unspecified atom stereocenters. The molecule has 3 aromatic rings. The monoisotopic (exact) mass is 416 g/mol. The molecule has 5 nitrogen and oxygen atoms in total. The molecule has 0 N–H and O–H groups in total. The van der Waals surface area contributed by atoms with Gasteiger partial charge in [-0.05, 0) is 54.8 Å². The number of ketones is 1. The topological polar surface area (TPSA) is 59.5 Å². The summed E-state index contributed by atoms with van der Waals surface area (Å²) in [5.74, 6) is 0.784. The van der Waals surface area contributed by atoms with Gasteiger partial charge < -0.3 is 9.64 Å². The first-order valence-corrected chi connectivity index (χ1v) is 10.4. The highest BCUT2D eigenvalue weighted by Gasteiger charge is 2.14. The van der Waals surface area contributed by atoms with Crippen molar-refractivity contribution in [3.63, 3.8) is 0 Å². The maximum Gasteiger partial charge on any atom is 0.226 e. The number of aryl methyl sites for hydroxylation is 2. The quantitative estimate of drug-likeness (QED) is 0.470. The van der Waals surface area contributed by atoms with Crippen molar-refractivity contribution in [1.29, 1.82) is 0 Å². The van der Waals surface area contributed by atoms with E-state index in [0.29, 0.717) is 30.6 Å². The van der Waals surface area contributed by atoms with Crippen molar-refractivity contribution in [2.45, 2.75) is 33.1 Å². The summed E-state index contributed by atoms with van der Waals surface area (Å²) in [6, 6.07) is 17.2. The Morgan fingerprint density at radius 2 is 1.81 bits per heavy atom. The van der Waals surface area contributed by atoms with Crippen molar-refractivity contribution < 1.29 is 14.3 Å². The molecule has 0 spiro atoms. The van der Waals surface area contributed by atoms with E-state index in [1.165, 1.54) is 0 Å². The van der Waals surface area contributed by atoms with E-state index in [2.05, 4.69) is 4.98 Å². The van der Waals surface area contributed by atoms with Crippen molar-refractivity contribution in [1.82, 2.24) is 4.98 Å². The first-order chi connectivity index (χ1) is 14.9. The lowest BCUT2D eigenvalue weighted by Gasteiger charge is -2.17. The molecule has 5 heteroatoms. The maximum atomic E-state index is 12.7. The summed E-state index contributed by atoms with van der Waals surface area (Å²) >= 11 is 0. The van der Waals surface area contributed by atoms with Gasteiger partial charge in [-0.2, -0.15) is 0 Å². The number of aromatic nitrogens is 1. The Bertz CT molecular complexity index is 1070. The SMILES string of the molecule is CCC(=O)N(C)c1ccc(-c2ccc(C(=O)CCc3cccnc3C)cc2OC)cc1. The van der Waals surface area contributed by atoms with Crippen LogP contribution >= 0.6 is 0 Å². The summed E-state index contributed by atoms with van der Waals surface area (Å²) in [4.78, 5) is 30.6. The fourth-order valence-corrected chi connectivity index (χ4v) is 3.52. The number of ether oxygens (including phenoxy) is 1. The number of carbonyl (C=O) groups excluding carboxylic acids is 2. The Morgan fingerprint density at radius 1 is 1.06 bits per heavy atom. The number of rotatable bonds is 8. The van der Waals surface area contributed by atoms with Gasteiger partial charge in [0.15, 0.2) is 5.78 Å². The molecule has 0 fully saturated rings. The van der Waals surface area contributed by atoms with Crippen LogP contribution in [0.5, 0.6) is 5.75 Å². The van der Waals surface area contributed by atoms with E-state index in [1.54, 1.807) is 31.3 Å². The van der Waals surface area contributed by atoms with Crippen LogP contribution in [0.3, 0.4) is 0 Å². The smallest absolute Gasteiger partial charge is 0.226 e. The van der Waals surface area contributed by atoms with Crippen LogP contribution in [0.15, 0.2) is 60.8 Å². The Labute approximate surface area is 183 Å². The largest absolute Gasteiger partial charge is 0.496 e. The van der Waals surface area contributed by atoms with Crippen LogP contribution in [0.25, 0.3) is 11.1 Å². The molecular formula is C26H28N2O3. The van der Waals surface area contributed by atoms with Gasteiger partial charge in [-0.25, -0.2) is 0 Å². The summed E-state index contributed by atoms with van der Waals surface area (Å²) in [6.07, 6.45) is 3.30. The van der Waals surface area contributed by atoms with Crippen molar-refractivity contribution in [3.8, 4) is 16.9 Å². The molecule has 0 aliphatic rings. The van der Waals surface area contributed by atoms with E-state index >= 15 is 0 Å². The first kappa shape index (κ1) is 22.2. The molecule has 0 atom stereocenters. The molecule has 1 heterocycles. The average Bonchev–Trinajstić information content (AvgIpc) is 2.82. The van der Waals surface area contributed by atoms with E-state index < -0.39 is 0 Å². The highest BCUT2D eigenvalue weighted by Crippen LogP contribution is 2.32. The summed E-state index contributed by atoms with van der Waals surface area (Å²) in [5, 5.41) is 0. The lowest BCUT2D eigenvalue weighted by molar-refractivity contribution is -0.118. The van der Waals surface area contributed by atoms with Crippen LogP contribution < -0.4 is 9.64 Å². The zero-order valence-corrected chi connectivity index (χ0v) is 18.5. The van der Waals surface area contributed by atoms with Crippen molar-refractivity contribution >= 4 is 17.4 Å². The van der Waals surface area contributed by atoms with Crippen LogP contribution in [0, 0.1) is 6.92 Å². The molecule has 1 amide bonds. The van der Waals surface area contributed by atoms with E-state index in [-0.39, 0.29) is 11.7 Å². The molecule has 31 heavy (non-hydrogen) atoms. The molecule has 1 aromatic heterocycles. The molecule has 2 aromatic carbocycles. The molecule has 3 rings (SSSR count). The predicted octanol–water partition coefficient (Wildman–Crippen LogP) is 5.25. The molecule has 0 aliphatic heterocycles. The first-order valence-electron chi connectivity index (χ1n) is 10.4. The minimum atomic E-state index is 0.0645. The fraction of sp³-hybridized carbons (Fsp3) is 0.269. The molecule has 0 saturated carbocycles. The van der Waals surface area contributed by atoms with E-state index in [9.17, 15) is 9.59 Å². The number of hydrogen-bond donors (Lipinski definition) is 0. The van der Waals surface area contributed by atoms with E-state index in [1.807, 2.05) is 62.4 Å². The number of methoxy groups -OCH3 is 1. The van der Waals surface area contributed by atoms with Crippen molar-refractivity contribution in [3.05, 3.63) is 77.6 Å². The molecule has 0 radical (unpaired) electrons. The van der Waals surface area contributed by atoms with Gasteiger partial charge >= 0.3 is 0 Å². The van der Waals surface area contributed by atoms with Crippen LogP contribution in [-0.2, 0) is 11.2 Å². The van der Waals surface area contributed by atoms with Gasteiger partial charge in [0, 0.05) is 48.6 Å². The normalized spacial score (nSPS) is 10.6. The predicted molar refractivity (Wildman–Crippen MR) is 124 cm³/mol. The highest BCUT2D eigenvalue weighted by molar-refractivity contribution is 5.97. The third-order valence-corrected chi connectivity index (χ3v) is 5.50. The number of pyridine rings is 1. The van der Waals surface area contributed by atoms with Crippen LogP contribution in [0.4, 0.5) is 5.69 Å². The second-order valence-electron chi connectivity index (χ2n) is 7.44. The summed E-state index contributed by atoms with van der Waals surface area (Å²) < 4.78 is 5.58. The number of carbonyl (C=O) groups is 2. The number of anilines is 1. The summed E-state index contributed by atoms with van der Waals surface area (Å²) in [6.45, 7) is 3.80. The zero-order chi connectivity index (χ0) is 22.4. The van der Waals surface area contributed by atoms with Gasteiger partial charge in [-0.15, -0.1) is 0 Å². The molecule has 0 bridgehead atoms. The Hall–Kier alpha value is -3.47. The number of Topliss-reactive ketones (excluding diaryl/α,β-unsaturated/α-hetero) is 1. The van der Waals surface area contributed by atoms with E-state index in [4.69, 9.17) is 4.74 Å². The van der Waals surface area contributed by atoms with E-state index in [0.717, 1.165) is 28.1 Å². The van der Waals surface area contributed by atoms with Gasteiger partial charge in [0.2, 0.25) is 5.91 Å². The lowest BCUT2D eigenvalue weighted by Crippen LogP contribution is -2.24. The van der Waals surface area contributed by atoms with Gasteiger partial charge in [0.25, 0.3) is 0 Å². The van der Waals surface area contributed by atoms with Crippen molar-refractivity contribution in [2.75, 3.05) is 19.1 Å². The third-order valence-electron chi connectivity index (χ3n) is 5.50. The van der Waals surface area contributed by atoms with Crippen LogP contribution in [0.2, 0.25) is 0 Å². The van der Waals surface area contributed by atoms with Gasteiger partial charge in [-0.3, -0.25) is 14.6 Å². The lowest BCUT2D eigenvalue weighted by atomic mass is 9.98. The standard InChI is InChI=1S/C26H28N2O3/c1-5-26(30)28(3)22-12-8-20(9-13-22)23-14-10-21(17-25(23)31-4)24(29)15-11-19-7-6-16-27-18(19)2/h6-10,12-14,16-17H,5,11,15H2,1-4H3. The molecule has 160 valence electrons. The molecular weight excluding hydrogens is 388 g/mol. The van der Waals surface area contributed by atoms with Gasteiger partial charge in [0.1, 0.15) is 5.75 Å². The Morgan fingerprint density at radius 3 is 2.45 bits per heavy atom. The number of amides is 1. The minimum Gasteiger partial charge on any atom is -0.496 e. The van der Waals surface area contributed by atoms with Gasteiger partial charge in [0.05, 0.1) is 7.11 Å². The average molecular weight is 417 g/mol. The second-order valence-corrected chi connectivity index (χ2v) is 7.44. The Balaban J connectivity index is 1.77. The third kappa shape index (κ3) is 5.18. The number of benzene rings is 2. The highest BCUT2D eigenvalue weighted by atomic mass is 16.5. The van der Waals surface area contributed by atoms with Crippen LogP contribution in [0.1, 0.15) is 41.4 Å².